The Bertz CT molecular complexity index is 1350. The van der Waals surface area contributed by atoms with Crippen LogP contribution in [0.4, 0.5) is 11.6 Å². The van der Waals surface area contributed by atoms with Gasteiger partial charge >= 0.3 is 0 Å². The average Bonchev–Trinajstić information content (AvgIpc) is 3.31. The number of aryl methyl sites for hydroxylation is 1. The minimum Gasteiger partial charge on any atom is -0.480 e. The number of nitrogens with zero attached hydrogens (tertiary/aromatic N) is 4. The van der Waals surface area contributed by atoms with Gasteiger partial charge in [0.1, 0.15) is 24.2 Å². The van der Waals surface area contributed by atoms with Gasteiger partial charge in [-0.25, -0.2) is 4.68 Å². The Morgan fingerprint density at radius 1 is 0.909 bits per heavy atom. The van der Waals surface area contributed by atoms with E-state index < -0.39 is 0 Å². The molecule has 3 aromatic carbocycles. The molecule has 0 aliphatic carbocycles. The lowest BCUT2D eigenvalue weighted by molar-refractivity contribution is 0.223. The Hall–Kier alpha value is -4.06. The van der Waals surface area contributed by atoms with Crippen LogP contribution in [0, 0.1) is 6.92 Å². The fourth-order valence-corrected chi connectivity index (χ4v) is 4.71. The highest BCUT2D eigenvalue weighted by atomic mass is 16.5. The van der Waals surface area contributed by atoms with Gasteiger partial charge in [0, 0.05) is 30.9 Å². The van der Waals surface area contributed by atoms with Crippen LogP contribution in [0.25, 0.3) is 5.70 Å². The summed E-state index contributed by atoms with van der Waals surface area (Å²) in [5, 5.41) is 8.15. The zero-order valence-corrected chi connectivity index (χ0v) is 18.9. The molecule has 6 heteroatoms. The van der Waals surface area contributed by atoms with Crippen molar-refractivity contribution in [2.24, 2.45) is 0 Å². The highest BCUT2D eigenvalue weighted by molar-refractivity contribution is 5.85. The van der Waals surface area contributed by atoms with Gasteiger partial charge in [0.05, 0.1) is 5.70 Å². The number of benzene rings is 3. The third-order valence-corrected chi connectivity index (χ3v) is 6.43. The van der Waals surface area contributed by atoms with Crippen molar-refractivity contribution in [2.45, 2.75) is 19.1 Å². The molecular formula is C27H25N5O. The quantitative estimate of drug-likeness (QED) is 0.479. The van der Waals surface area contributed by atoms with E-state index in [4.69, 9.17) is 4.74 Å². The molecule has 3 heterocycles. The van der Waals surface area contributed by atoms with Crippen molar-refractivity contribution < 1.29 is 4.74 Å². The van der Waals surface area contributed by atoms with Crippen LogP contribution >= 0.6 is 0 Å². The molecule has 0 fully saturated rings. The molecule has 6 nitrogen and oxygen atoms in total. The summed E-state index contributed by atoms with van der Waals surface area (Å²) < 4.78 is 8.64. The molecule has 4 aromatic rings. The van der Waals surface area contributed by atoms with E-state index in [-0.39, 0.29) is 12.1 Å². The smallest absolute Gasteiger partial charge is 0.226 e. The van der Waals surface area contributed by atoms with Gasteiger partial charge < -0.3 is 15.0 Å². The molecule has 0 radical (unpaired) electrons. The van der Waals surface area contributed by atoms with Crippen molar-refractivity contribution >= 4 is 17.3 Å². The zero-order valence-electron chi connectivity index (χ0n) is 18.9. The van der Waals surface area contributed by atoms with Crippen molar-refractivity contribution in [1.82, 2.24) is 14.8 Å². The number of para-hydroxylation sites is 1. The minimum atomic E-state index is -0.262. The Morgan fingerprint density at radius 3 is 2.39 bits per heavy atom. The molecule has 2 aliphatic heterocycles. The van der Waals surface area contributed by atoms with E-state index in [1.165, 1.54) is 5.56 Å². The van der Waals surface area contributed by atoms with Crippen LogP contribution in [0.3, 0.4) is 0 Å². The zero-order chi connectivity index (χ0) is 22.5. The van der Waals surface area contributed by atoms with Crippen LogP contribution in [0.2, 0.25) is 0 Å². The van der Waals surface area contributed by atoms with Crippen LogP contribution < -0.4 is 15.0 Å². The molecule has 0 amide bonds. The summed E-state index contributed by atoms with van der Waals surface area (Å²) in [6.07, 6.45) is 1.34. The lowest BCUT2D eigenvalue weighted by atomic mass is 9.84. The lowest BCUT2D eigenvalue weighted by Gasteiger charge is -2.39. The SMILES string of the molecule is Cc1ccc([C@H]2C3=C(Nc4ncnn42)c2ccccc2O[C@H]3c2ccc(N(C)C)cc2)cc1. The van der Waals surface area contributed by atoms with Crippen LogP contribution in [0.15, 0.2) is 84.7 Å². The summed E-state index contributed by atoms with van der Waals surface area (Å²) in [7, 11) is 4.10. The van der Waals surface area contributed by atoms with Gasteiger partial charge in [0.2, 0.25) is 5.95 Å². The predicted octanol–water partition coefficient (Wildman–Crippen LogP) is 5.21. The first-order chi connectivity index (χ1) is 16.1. The number of nitrogens with one attached hydrogen (secondary N) is 1. The van der Waals surface area contributed by atoms with Crippen molar-refractivity contribution in [3.63, 3.8) is 0 Å². The molecule has 0 saturated heterocycles. The van der Waals surface area contributed by atoms with Crippen molar-refractivity contribution in [2.75, 3.05) is 24.3 Å². The summed E-state index contributed by atoms with van der Waals surface area (Å²) >= 11 is 0. The first kappa shape index (κ1) is 19.6. The predicted molar refractivity (Wildman–Crippen MR) is 130 cm³/mol. The standard InChI is InChI=1S/C27H25N5O/c1-17-8-10-18(11-9-17)25-23-24(30-27-28-16-29-32(25)27)21-6-4-5-7-22(21)33-26(23)19-12-14-20(15-13-19)31(2)3/h4-16,25-26H,1-3H3,(H,28,29,30)/t25-,26-/m0/s1. The van der Waals surface area contributed by atoms with Gasteiger partial charge in [0.15, 0.2) is 0 Å². The van der Waals surface area contributed by atoms with Crippen molar-refractivity contribution in [3.8, 4) is 5.75 Å². The molecule has 2 atom stereocenters. The summed E-state index contributed by atoms with van der Waals surface area (Å²) in [5.74, 6) is 1.60. The van der Waals surface area contributed by atoms with Gasteiger partial charge in [-0.1, -0.05) is 54.1 Å². The Balaban J connectivity index is 1.58. The largest absolute Gasteiger partial charge is 0.480 e. The second-order valence-electron chi connectivity index (χ2n) is 8.78. The minimum absolute atomic E-state index is 0.133. The molecule has 0 spiro atoms. The highest BCUT2D eigenvalue weighted by Crippen LogP contribution is 2.50. The Kier molecular flexibility index (Phi) is 4.47. The van der Waals surface area contributed by atoms with E-state index in [0.717, 1.165) is 45.3 Å². The molecule has 164 valence electrons. The summed E-state index contributed by atoms with van der Waals surface area (Å²) in [6, 6.07) is 25.3. The summed E-state index contributed by atoms with van der Waals surface area (Å²) in [5.41, 5.74) is 7.85. The molecule has 33 heavy (non-hydrogen) atoms. The average molecular weight is 436 g/mol. The molecule has 0 saturated carbocycles. The number of fused-ring (bicyclic) bond motifs is 3. The molecule has 0 unspecified atom stereocenters. The first-order valence-corrected chi connectivity index (χ1v) is 11.1. The molecule has 0 bridgehead atoms. The Morgan fingerprint density at radius 2 is 1.64 bits per heavy atom. The fraction of sp³-hybridized carbons (Fsp3) is 0.185. The van der Waals surface area contributed by atoms with Crippen LogP contribution in [-0.4, -0.2) is 28.9 Å². The van der Waals surface area contributed by atoms with Gasteiger partial charge in [0.25, 0.3) is 0 Å². The first-order valence-electron chi connectivity index (χ1n) is 11.1. The fourth-order valence-electron chi connectivity index (χ4n) is 4.71. The van der Waals surface area contributed by atoms with Crippen LogP contribution in [0.1, 0.15) is 34.4 Å². The van der Waals surface area contributed by atoms with Gasteiger partial charge in [-0.2, -0.15) is 10.1 Å². The highest BCUT2D eigenvalue weighted by Gasteiger charge is 2.40. The van der Waals surface area contributed by atoms with Crippen molar-refractivity contribution in [3.05, 3.63) is 107 Å². The number of rotatable bonds is 3. The number of anilines is 2. The summed E-state index contributed by atoms with van der Waals surface area (Å²) in [6.45, 7) is 2.10. The van der Waals surface area contributed by atoms with E-state index in [0.29, 0.717) is 0 Å². The van der Waals surface area contributed by atoms with Crippen molar-refractivity contribution in [1.29, 1.82) is 0 Å². The molecule has 1 aromatic heterocycles. The normalized spacial score (nSPS) is 18.5. The topological polar surface area (TPSA) is 55.2 Å². The van der Waals surface area contributed by atoms with E-state index in [1.807, 2.05) is 37.0 Å². The second-order valence-corrected chi connectivity index (χ2v) is 8.78. The maximum Gasteiger partial charge on any atom is 0.226 e. The Labute approximate surface area is 193 Å². The molecular weight excluding hydrogens is 410 g/mol. The molecule has 6 rings (SSSR count). The van der Waals surface area contributed by atoms with E-state index >= 15 is 0 Å². The van der Waals surface area contributed by atoms with Gasteiger partial charge in [-0.05, 0) is 42.3 Å². The second kappa shape index (κ2) is 7.52. The van der Waals surface area contributed by atoms with Crippen LogP contribution in [-0.2, 0) is 0 Å². The third kappa shape index (κ3) is 3.18. The van der Waals surface area contributed by atoms with Crippen LogP contribution in [0.5, 0.6) is 5.75 Å². The maximum absolute atomic E-state index is 6.68. The summed E-state index contributed by atoms with van der Waals surface area (Å²) in [4.78, 5) is 6.60. The van der Waals surface area contributed by atoms with Gasteiger partial charge in [-0.15, -0.1) is 0 Å². The van der Waals surface area contributed by atoms with Gasteiger partial charge in [-0.3, -0.25) is 0 Å². The number of hydrogen-bond donors (Lipinski definition) is 1. The number of aromatic nitrogens is 3. The lowest BCUT2D eigenvalue weighted by Crippen LogP contribution is -2.32. The monoisotopic (exact) mass is 435 g/mol. The van der Waals surface area contributed by atoms with E-state index in [2.05, 4.69) is 81.8 Å². The molecule has 1 N–H and O–H groups in total. The third-order valence-electron chi connectivity index (χ3n) is 6.43. The maximum atomic E-state index is 6.68. The number of ether oxygens (including phenoxy) is 1. The van der Waals surface area contributed by atoms with E-state index in [1.54, 1.807) is 6.33 Å². The molecule has 2 aliphatic rings. The van der Waals surface area contributed by atoms with E-state index in [9.17, 15) is 0 Å². The number of hydrogen-bond acceptors (Lipinski definition) is 5.